The zero-order valence-corrected chi connectivity index (χ0v) is 16.0. The van der Waals surface area contributed by atoms with Crippen LogP contribution in [0, 0.1) is 5.92 Å². The SMILES string of the molecule is CCCCOCCCNC(=NC)NCCS(=O)(=O)NCC1CCC1. The molecule has 1 aliphatic rings. The third-order valence-electron chi connectivity index (χ3n) is 4.10. The van der Waals surface area contributed by atoms with Gasteiger partial charge in [0.15, 0.2) is 5.96 Å². The van der Waals surface area contributed by atoms with E-state index < -0.39 is 10.0 Å². The smallest absolute Gasteiger partial charge is 0.213 e. The number of rotatable bonds is 13. The van der Waals surface area contributed by atoms with Crippen molar-refractivity contribution in [1.82, 2.24) is 15.4 Å². The van der Waals surface area contributed by atoms with Gasteiger partial charge in [0.05, 0.1) is 5.75 Å². The lowest BCUT2D eigenvalue weighted by Gasteiger charge is -2.25. The van der Waals surface area contributed by atoms with E-state index in [1.807, 2.05) is 0 Å². The number of nitrogens with one attached hydrogen (secondary N) is 3. The molecule has 1 saturated carbocycles. The van der Waals surface area contributed by atoms with Gasteiger partial charge >= 0.3 is 0 Å². The molecule has 0 aliphatic heterocycles. The van der Waals surface area contributed by atoms with Gasteiger partial charge in [-0.25, -0.2) is 13.1 Å². The average molecular weight is 363 g/mol. The fourth-order valence-electron chi connectivity index (χ4n) is 2.27. The Balaban J connectivity index is 2.05. The van der Waals surface area contributed by atoms with E-state index in [0.717, 1.165) is 51.9 Å². The molecule has 1 fully saturated rings. The molecule has 1 rings (SSSR count). The van der Waals surface area contributed by atoms with E-state index in [-0.39, 0.29) is 5.75 Å². The van der Waals surface area contributed by atoms with Crippen molar-refractivity contribution in [3.8, 4) is 0 Å². The van der Waals surface area contributed by atoms with Crippen LogP contribution in [0.3, 0.4) is 0 Å². The highest BCUT2D eigenvalue weighted by Crippen LogP contribution is 2.25. The summed E-state index contributed by atoms with van der Waals surface area (Å²) >= 11 is 0. The van der Waals surface area contributed by atoms with Gasteiger partial charge in [0.1, 0.15) is 0 Å². The number of nitrogens with zero attached hydrogens (tertiary/aromatic N) is 1. The molecule has 0 bridgehead atoms. The summed E-state index contributed by atoms with van der Waals surface area (Å²) in [6.45, 7) is 5.35. The number of ether oxygens (including phenoxy) is 1. The topological polar surface area (TPSA) is 91.8 Å². The quantitative estimate of drug-likeness (QED) is 0.259. The maximum absolute atomic E-state index is 11.9. The molecule has 0 saturated heterocycles. The van der Waals surface area contributed by atoms with Gasteiger partial charge in [-0.3, -0.25) is 4.99 Å². The lowest BCUT2D eigenvalue weighted by atomic mass is 9.86. The van der Waals surface area contributed by atoms with Crippen molar-refractivity contribution in [2.24, 2.45) is 10.9 Å². The van der Waals surface area contributed by atoms with Gasteiger partial charge in [-0.1, -0.05) is 19.8 Å². The van der Waals surface area contributed by atoms with Gasteiger partial charge in [-0.05, 0) is 31.6 Å². The molecule has 3 N–H and O–H groups in total. The minimum Gasteiger partial charge on any atom is -0.381 e. The Bertz CT molecular complexity index is 450. The average Bonchev–Trinajstić information content (AvgIpc) is 2.50. The van der Waals surface area contributed by atoms with Gasteiger partial charge in [0.2, 0.25) is 10.0 Å². The summed E-state index contributed by atoms with van der Waals surface area (Å²) in [7, 11) is -1.53. The van der Waals surface area contributed by atoms with Crippen molar-refractivity contribution in [3.05, 3.63) is 0 Å². The highest BCUT2D eigenvalue weighted by atomic mass is 32.2. The van der Waals surface area contributed by atoms with Crippen LogP contribution in [-0.4, -0.2) is 60.0 Å². The summed E-state index contributed by atoms with van der Waals surface area (Å²) in [5.74, 6) is 1.21. The second-order valence-electron chi connectivity index (χ2n) is 6.21. The molecule has 0 heterocycles. The van der Waals surface area contributed by atoms with Crippen molar-refractivity contribution in [2.75, 3.05) is 45.6 Å². The summed E-state index contributed by atoms with van der Waals surface area (Å²) < 4.78 is 32.0. The molecule has 0 spiro atoms. The second kappa shape index (κ2) is 12.5. The van der Waals surface area contributed by atoms with E-state index in [4.69, 9.17) is 4.74 Å². The first-order valence-electron chi connectivity index (χ1n) is 9.07. The summed E-state index contributed by atoms with van der Waals surface area (Å²) in [5.41, 5.74) is 0. The van der Waals surface area contributed by atoms with Gasteiger partial charge in [0.25, 0.3) is 0 Å². The molecular weight excluding hydrogens is 328 g/mol. The zero-order chi connectivity index (χ0) is 17.7. The molecule has 0 aromatic carbocycles. The van der Waals surface area contributed by atoms with Crippen LogP contribution in [0.5, 0.6) is 0 Å². The molecule has 1 aliphatic carbocycles. The van der Waals surface area contributed by atoms with Crippen LogP contribution >= 0.6 is 0 Å². The first-order valence-corrected chi connectivity index (χ1v) is 10.7. The van der Waals surface area contributed by atoms with E-state index >= 15 is 0 Å². The zero-order valence-electron chi connectivity index (χ0n) is 15.1. The third kappa shape index (κ3) is 10.1. The predicted molar refractivity (Wildman–Crippen MR) is 98.8 cm³/mol. The summed E-state index contributed by atoms with van der Waals surface area (Å²) in [6, 6.07) is 0. The van der Waals surface area contributed by atoms with Crippen LogP contribution < -0.4 is 15.4 Å². The van der Waals surface area contributed by atoms with E-state index in [2.05, 4.69) is 27.3 Å². The second-order valence-corrected chi connectivity index (χ2v) is 8.14. The van der Waals surface area contributed by atoms with E-state index in [1.165, 1.54) is 6.42 Å². The Hall–Kier alpha value is -0.860. The number of sulfonamides is 1. The van der Waals surface area contributed by atoms with Crippen LogP contribution in [0.15, 0.2) is 4.99 Å². The number of unbranched alkanes of at least 4 members (excludes halogenated alkanes) is 1. The Morgan fingerprint density at radius 2 is 1.88 bits per heavy atom. The number of aliphatic imine (C=N–C) groups is 1. The van der Waals surface area contributed by atoms with Crippen LogP contribution in [0.25, 0.3) is 0 Å². The van der Waals surface area contributed by atoms with Crippen molar-refractivity contribution in [1.29, 1.82) is 0 Å². The molecule has 0 unspecified atom stereocenters. The fourth-order valence-corrected chi connectivity index (χ4v) is 3.27. The molecule has 142 valence electrons. The van der Waals surface area contributed by atoms with E-state index in [9.17, 15) is 8.42 Å². The lowest BCUT2D eigenvalue weighted by molar-refractivity contribution is 0.129. The van der Waals surface area contributed by atoms with Crippen LogP contribution in [-0.2, 0) is 14.8 Å². The molecule has 0 aromatic rings. The Morgan fingerprint density at radius 1 is 1.17 bits per heavy atom. The summed E-state index contributed by atoms with van der Waals surface area (Å²) in [5, 5.41) is 6.19. The Labute approximate surface area is 147 Å². The van der Waals surface area contributed by atoms with Crippen LogP contribution in [0.1, 0.15) is 45.4 Å². The summed E-state index contributed by atoms with van der Waals surface area (Å²) in [4.78, 5) is 4.09. The number of hydrogen-bond acceptors (Lipinski definition) is 4. The van der Waals surface area contributed by atoms with Gasteiger partial charge in [-0.2, -0.15) is 0 Å². The third-order valence-corrected chi connectivity index (χ3v) is 5.45. The van der Waals surface area contributed by atoms with Crippen molar-refractivity contribution in [3.63, 3.8) is 0 Å². The lowest BCUT2D eigenvalue weighted by Crippen LogP contribution is -2.42. The first-order chi connectivity index (χ1) is 11.6. The molecule has 7 nitrogen and oxygen atoms in total. The molecule has 24 heavy (non-hydrogen) atoms. The predicted octanol–water partition coefficient (Wildman–Crippen LogP) is 1.08. The highest BCUT2D eigenvalue weighted by Gasteiger charge is 2.19. The first kappa shape index (κ1) is 21.2. The molecule has 0 aromatic heterocycles. The number of hydrogen-bond donors (Lipinski definition) is 3. The van der Waals surface area contributed by atoms with Crippen molar-refractivity contribution in [2.45, 2.75) is 45.4 Å². The van der Waals surface area contributed by atoms with Gasteiger partial charge in [-0.15, -0.1) is 0 Å². The van der Waals surface area contributed by atoms with Crippen LogP contribution in [0.2, 0.25) is 0 Å². The van der Waals surface area contributed by atoms with E-state index in [1.54, 1.807) is 7.05 Å². The van der Waals surface area contributed by atoms with E-state index in [0.29, 0.717) is 25.0 Å². The standard InChI is InChI=1S/C16H34N4O3S/c1-3-4-11-23-12-6-9-18-16(17-2)19-10-13-24(21,22)20-14-15-7-5-8-15/h15,20H,3-14H2,1-2H3,(H2,17,18,19). The van der Waals surface area contributed by atoms with Gasteiger partial charge < -0.3 is 15.4 Å². The molecule has 0 atom stereocenters. The maximum Gasteiger partial charge on any atom is 0.213 e. The molecule has 8 heteroatoms. The van der Waals surface area contributed by atoms with Gasteiger partial charge in [0, 0.05) is 39.9 Å². The summed E-state index contributed by atoms with van der Waals surface area (Å²) in [6.07, 6.45) is 6.64. The highest BCUT2D eigenvalue weighted by molar-refractivity contribution is 7.89. The monoisotopic (exact) mass is 362 g/mol. The maximum atomic E-state index is 11.9. The normalized spacial score (nSPS) is 16.0. The largest absolute Gasteiger partial charge is 0.381 e. The fraction of sp³-hybridized carbons (Fsp3) is 0.938. The minimum absolute atomic E-state index is 0.0561. The molecular formula is C16H34N4O3S. The van der Waals surface area contributed by atoms with Crippen molar-refractivity contribution >= 4 is 16.0 Å². The van der Waals surface area contributed by atoms with Crippen molar-refractivity contribution < 1.29 is 13.2 Å². The molecule has 0 radical (unpaired) electrons. The minimum atomic E-state index is -3.21. The van der Waals surface area contributed by atoms with Crippen LogP contribution in [0.4, 0.5) is 0 Å². The molecule has 0 amide bonds. The Morgan fingerprint density at radius 3 is 2.50 bits per heavy atom. The Kier molecular flexibility index (Phi) is 11.0. The number of guanidine groups is 1.